The van der Waals surface area contributed by atoms with Gasteiger partial charge in [-0.05, 0) is 214 Å². The maximum absolute atomic E-state index is 12.9. The highest BCUT2D eigenvalue weighted by Gasteiger charge is 2.18. The molecule has 18 aromatic rings. The van der Waals surface area contributed by atoms with Crippen LogP contribution in [0.25, 0.3) is 72.8 Å². The highest BCUT2D eigenvalue weighted by molar-refractivity contribution is 5.95. The molecule has 0 aliphatic carbocycles. The number of nitrogens with one attached hydrogen (secondary N) is 7. The van der Waals surface area contributed by atoms with Gasteiger partial charge in [-0.25, -0.2) is 61.9 Å². The molecule has 1 amide bonds. The molecule has 134 heavy (non-hydrogen) atoms. The van der Waals surface area contributed by atoms with Crippen LogP contribution in [0.1, 0.15) is 67.2 Å². The summed E-state index contributed by atoms with van der Waals surface area (Å²) in [6.07, 6.45) is 11.1. The van der Waals surface area contributed by atoms with E-state index in [0.29, 0.717) is 105 Å². The van der Waals surface area contributed by atoms with Crippen molar-refractivity contribution < 1.29 is 72.7 Å². The summed E-state index contributed by atoms with van der Waals surface area (Å²) >= 11 is 0. The van der Waals surface area contributed by atoms with E-state index < -0.39 is 5.97 Å². The number of methoxy groups -OCH3 is 2. The van der Waals surface area contributed by atoms with Crippen molar-refractivity contribution in [1.29, 1.82) is 0 Å². The average molecular weight is 1800 g/mol. The molecular formula is C104H86F4N14O12. The third-order valence-corrected chi connectivity index (χ3v) is 19.3. The Hall–Kier alpha value is -18.0. The van der Waals surface area contributed by atoms with Gasteiger partial charge in [0.05, 0.1) is 69.1 Å². The first-order valence-electron chi connectivity index (χ1n) is 41.4. The number of carbonyl (C=O) groups is 4. The average Bonchev–Trinajstić information content (AvgIpc) is 1.69. The highest BCUT2D eigenvalue weighted by atomic mass is 19.1. The second-order valence-electron chi connectivity index (χ2n) is 29.3. The lowest BCUT2D eigenvalue weighted by Gasteiger charge is -2.03. The number of benzene rings is 12. The maximum Gasteiger partial charge on any atom is 0.337 e. The summed E-state index contributed by atoms with van der Waals surface area (Å²) in [5, 5.41) is 20.6. The van der Waals surface area contributed by atoms with Crippen molar-refractivity contribution in [3.63, 3.8) is 0 Å². The Morgan fingerprint density at radius 2 is 0.604 bits per heavy atom. The van der Waals surface area contributed by atoms with Gasteiger partial charge in [-0.2, -0.15) is 0 Å². The van der Waals surface area contributed by atoms with Crippen LogP contribution in [0.3, 0.4) is 0 Å². The molecule has 0 fully saturated rings. The van der Waals surface area contributed by atoms with Gasteiger partial charge in [-0.15, -0.1) is 0 Å². The summed E-state index contributed by atoms with van der Waals surface area (Å²) < 4.78 is 94.9. The number of hydrogen-bond acceptors (Lipinski definition) is 24. The number of ether oxygens (including phenoxy) is 2. The molecule has 7 N–H and O–H groups in total. The van der Waals surface area contributed by atoms with Crippen molar-refractivity contribution in [2.24, 2.45) is 0 Å². The van der Waals surface area contributed by atoms with E-state index in [2.05, 4.69) is 91.0 Å². The molecule has 0 unspecified atom stereocenters. The van der Waals surface area contributed by atoms with Gasteiger partial charge in [0, 0.05) is 86.5 Å². The summed E-state index contributed by atoms with van der Waals surface area (Å²) in [4.78, 5) is 74.5. The fourth-order valence-corrected chi connectivity index (χ4v) is 12.6. The highest BCUT2D eigenvalue weighted by Crippen LogP contribution is 2.34. The standard InChI is InChI=1S/C18H15FN2O2.C18H13N3O3.C18H16N2O3.C17H14FN3O2.C17H15FN2O.C16H13FN2O/c1-12(22)9-13-3-2-4-14(10-13)17-11-20-18(23-17)21-16-7-5-15(19)6-8-16;1-19-14-6-8-15(9-7-14)21-18-20-11-16(24-18)12-4-3-5-13(10-12)17(22)23-2;1-12-6-8-15(9-7-12)20-18-19-11-16(23-18)13-4-3-5-14(10-13)17(21)22-2;1-19-16(22)12-4-2-3-11(9-12)15-10-20-17(23-15)21-14-7-5-13(18)6-8-14;1-2-12-4-3-5-13(10-12)16-11-19-17(21-16)20-15-8-6-14(18)7-9-15;1-11-3-2-4-12(9-11)15-10-18-16(20-15)19-14-7-5-13(17)6-8-14/h2-8,10-11H,9H2,1H3,(H,20,21);3-11H,2H3,(H,20,21);3-11H,1-2H3,(H,19,20);2-10H,1H3,(H,19,22)(H,20,21);3-11H,2H2,1H3,(H,19,20);2-10H,1H3,(H,18,19). The Kier molecular flexibility index (Phi) is 32.2. The SMILES string of the molecule is CC(=O)Cc1cccc(-c2cnc(Nc3ccc(F)cc3)o2)c1.CCc1cccc(-c2cnc(Nc3ccc(F)cc3)o2)c1.CNC(=O)c1cccc(-c2cnc(Nc3ccc(F)cc3)o2)c1.COC(=O)c1cccc(-c2cnc(Nc3ccc(C)cc3)o2)c1.Cc1cccc(-c2cnc(Nc3ccc(F)cc3)o2)c1.[C-]#[N+]c1ccc(Nc2ncc(-c3cccc(C(=O)OC)c3)o2)cc1. The number of anilines is 12. The van der Waals surface area contributed by atoms with Crippen LogP contribution in [-0.2, 0) is 27.1 Å². The number of oxazole rings is 6. The summed E-state index contributed by atoms with van der Waals surface area (Å²) in [5.74, 6) is 1.61. The number of aromatic nitrogens is 6. The lowest BCUT2D eigenvalue weighted by atomic mass is 10.1. The van der Waals surface area contributed by atoms with Crippen LogP contribution in [0, 0.1) is 43.7 Å². The maximum atomic E-state index is 12.9. The topological polar surface area (TPSA) is 331 Å². The molecule has 0 aliphatic heterocycles. The zero-order valence-corrected chi connectivity index (χ0v) is 73.1. The predicted molar refractivity (Wildman–Crippen MR) is 505 cm³/mol. The summed E-state index contributed by atoms with van der Waals surface area (Å²) in [5.41, 5.74) is 16.0. The third-order valence-electron chi connectivity index (χ3n) is 19.3. The molecule has 6 heterocycles. The molecular weight excluding hydrogens is 1710 g/mol. The second-order valence-corrected chi connectivity index (χ2v) is 29.3. The minimum absolute atomic E-state index is 0.110. The molecule has 0 saturated heterocycles. The first-order valence-corrected chi connectivity index (χ1v) is 41.4. The fourth-order valence-electron chi connectivity index (χ4n) is 12.6. The molecule has 6 aromatic heterocycles. The number of esters is 2. The van der Waals surface area contributed by atoms with Crippen LogP contribution in [-0.4, -0.2) is 74.8 Å². The van der Waals surface area contributed by atoms with E-state index in [4.69, 9.17) is 42.5 Å². The van der Waals surface area contributed by atoms with Crippen LogP contribution < -0.4 is 37.2 Å². The minimum atomic E-state index is -0.408. The Morgan fingerprint density at radius 3 is 0.903 bits per heavy atom. The monoisotopic (exact) mass is 1800 g/mol. The van der Waals surface area contributed by atoms with E-state index in [0.717, 1.165) is 73.7 Å². The van der Waals surface area contributed by atoms with E-state index in [1.807, 2.05) is 117 Å². The Bertz CT molecular complexity index is 6850. The summed E-state index contributed by atoms with van der Waals surface area (Å²) in [7, 11) is 4.27. The second kappa shape index (κ2) is 46.1. The number of hydrogen-bond donors (Lipinski definition) is 7. The number of carbonyl (C=O) groups excluding carboxylic acids is 4. The molecule has 12 aromatic carbocycles. The van der Waals surface area contributed by atoms with Gasteiger partial charge in [-0.1, -0.05) is 133 Å². The van der Waals surface area contributed by atoms with E-state index in [-0.39, 0.29) is 46.9 Å². The van der Waals surface area contributed by atoms with Gasteiger partial charge < -0.3 is 73.2 Å². The molecule has 30 heteroatoms. The molecule has 26 nitrogen and oxygen atoms in total. The van der Waals surface area contributed by atoms with Crippen molar-refractivity contribution in [3.05, 3.63) is 402 Å². The largest absolute Gasteiger partial charge is 0.465 e. The van der Waals surface area contributed by atoms with Crippen molar-refractivity contribution in [3.8, 4) is 67.9 Å². The van der Waals surface area contributed by atoms with Gasteiger partial charge in [0.25, 0.3) is 42.0 Å². The van der Waals surface area contributed by atoms with E-state index >= 15 is 0 Å². The van der Waals surface area contributed by atoms with E-state index in [1.54, 1.807) is 179 Å². The number of nitrogens with zero attached hydrogens (tertiary/aromatic N) is 7. The molecule has 0 aliphatic rings. The van der Waals surface area contributed by atoms with Gasteiger partial charge in [0.15, 0.2) is 40.2 Å². The van der Waals surface area contributed by atoms with Crippen molar-refractivity contribution in [2.75, 3.05) is 53.2 Å². The third kappa shape index (κ3) is 27.5. The Balaban J connectivity index is 0.000000136. The van der Waals surface area contributed by atoms with Gasteiger partial charge >= 0.3 is 11.9 Å². The molecule has 672 valence electrons. The van der Waals surface area contributed by atoms with Crippen LogP contribution in [0.5, 0.6) is 0 Å². The zero-order chi connectivity index (χ0) is 94.2. The number of rotatable bonds is 24. The first kappa shape index (κ1) is 93.6. The Morgan fingerprint density at radius 1 is 0.336 bits per heavy atom. The molecule has 18 rings (SSSR count). The van der Waals surface area contributed by atoms with Crippen LogP contribution in [0.4, 0.5) is 93.5 Å². The van der Waals surface area contributed by atoms with E-state index in [9.17, 15) is 36.7 Å². The number of amides is 1. The van der Waals surface area contributed by atoms with Gasteiger partial charge in [-0.3, -0.25) is 9.59 Å². The van der Waals surface area contributed by atoms with Crippen molar-refractivity contribution in [1.82, 2.24) is 35.2 Å². The Labute approximate surface area is 767 Å². The number of halogens is 4. The lowest BCUT2D eigenvalue weighted by molar-refractivity contribution is -0.116. The quantitative estimate of drug-likeness (QED) is 0.0168. The van der Waals surface area contributed by atoms with Crippen molar-refractivity contribution >= 4 is 99.5 Å². The van der Waals surface area contributed by atoms with Gasteiger partial charge in [0.1, 0.15) is 29.1 Å². The number of aryl methyl sites for hydroxylation is 3. The smallest absolute Gasteiger partial charge is 0.337 e. The summed E-state index contributed by atoms with van der Waals surface area (Å²) in [6, 6.07) is 85.6. The molecule has 0 atom stereocenters. The first-order chi connectivity index (χ1) is 65.0. The normalized spacial score (nSPS) is 10.4. The lowest BCUT2D eigenvalue weighted by Crippen LogP contribution is -2.17. The molecule has 0 saturated carbocycles. The van der Waals surface area contributed by atoms with Crippen LogP contribution in [0.15, 0.2) is 355 Å². The predicted octanol–water partition coefficient (Wildman–Crippen LogP) is 25.9. The minimum Gasteiger partial charge on any atom is -0.465 e. The van der Waals surface area contributed by atoms with Crippen LogP contribution in [0.2, 0.25) is 0 Å². The molecule has 0 bridgehead atoms. The number of ketones is 1. The van der Waals surface area contributed by atoms with Gasteiger partial charge in [0.2, 0.25) is 0 Å². The molecule has 0 spiro atoms. The summed E-state index contributed by atoms with van der Waals surface area (Å²) in [6.45, 7) is 14.7. The van der Waals surface area contributed by atoms with E-state index in [1.165, 1.54) is 73.9 Å². The fraction of sp³-hybridized carbons (Fsp3) is 0.0865. The van der Waals surface area contributed by atoms with Crippen molar-refractivity contribution in [2.45, 2.75) is 40.5 Å². The van der Waals surface area contributed by atoms with Crippen LogP contribution >= 0.6 is 0 Å². The molecule has 0 radical (unpaired) electrons. The number of Topliss-reactive ketones (excluding diaryl/α,β-unsaturated/α-hetero) is 1. The zero-order valence-electron chi connectivity index (χ0n) is 73.1.